The molecule has 0 aliphatic rings. The number of anilines is 1. The van der Waals surface area contributed by atoms with Crippen LogP contribution in [0.3, 0.4) is 0 Å². The Kier molecular flexibility index (Phi) is 4.47. The van der Waals surface area contributed by atoms with Crippen molar-refractivity contribution in [3.8, 4) is 0 Å². The van der Waals surface area contributed by atoms with Crippen LogP contribution in [0.1, 0.15) is 0 Å². The van der Waals surface area contributed by atoms with Gasteiger partial charge >= 0.3 is 6.09 Å². The zero-order valence-electron chi connectivity index (χ0n) is 5.95. The minimum absolute atomic E-state index is 0. The number of hydrogen-bond acceptors (Lipinski definition) is 1. The molecule has 1 amide bonds. The van der Waals surface area contributed by atoms with E-state index < -0.39 is 6.09 Å². The molecule has 1 aromatic rings. The third-order valence-corrected chi connectivity index (χ3v) is 1.35. The molecule has 0 aliphatic heterocycles. The summed E-state index contributed by atoms with van der Waals surface area (Å²) in [6.45, 7) is 0. The van der Waals surface area contributed by atoms with Gasteiger partial charge in [-0.2, -0.15) is 0 Å². The quantitative estimate of drug-likeness (QED) is 0.745. The molecule has 0 atom stereocenters. The van der Waals surface area contributed by atoms with Crippen LogP contribution >= 0.6 is 24.0 Å². The third-order valence-electron chi connectivity index (χ3n) is 1.10. The molecular weight excluding hydrogens is 201 g/mol. The van der Waals surface area contributed by atoms with E-state index in [9.17, 15) is 4.79 Å². The molecule has 0 saturated heterocycles. The first-order chi connectivity index (χ1) is 5.18. The summed E-state index contributed by atoms with van der Waals surface area (Å²) in [5.74, 6) is 0. The molecule has 12 heavy (non-hydrogen) atoms. The number of benzene rings is 1. The molecule has 0 bridgehead atoms. The van der Waals surface area contributed by atoms with Crippen molar-refractivity contribution in [1.82, 2.24) is 0 Å². The van der Waals surface area contributed by atoms with E-state index in [1.165, 1.54) is 0 Å². The van der Waals surface area contributed by atoms with E-state index in [4.69, 9.17) is 16.7 Å². The smallest absolute Gasteiger partial charge is 0.409 e. The Balaban J connectivity index is 0.00000121. The number of halogens is 2. The molecule has 0 unspecified atom stereocenters. The van der Waals surface area contributed by atoms with Gasteiger partial charge in [-0.25, -0.2) is 4.79 Å². The van der Waals surface area contributed by atoms with E-state index in [-0.39, 0.29) is 12.4 Å². The van der Waals surface area contributed by atoms with Crippen molar-refractivity contribution in [3.63, 3.8) is 0 Å². The number of nitrogens with one attached hydrogen (secondary N) is 1. The van der Waals surface area contributed by atoms with Gasteiger partial charge in [-0.05, 0) is 24.3 Å². The van der Waals surface area contributed by atoms with Crippen LogP contribution < -0.4 is 5.32 Å². The van der Waals surface area contributed by atoms with Crippen molar-refractivity contribution < 1.29 is 9.90 Å². The van der Waals surface area contributed by atoms with Crippen molar-refractivity contribution in [3.05, 3.63) is 29.3 Å². The molecule has 0 radical (unpaired) electrons. The number of rotatable bonds is 1. The van der Waals surface area contributed by atoms with Gasteiger partial charge < -0.3 is 5.11 Å². The second-order valence-electron chi connectivity index (χ2n) is 1.94. The van der Waals surface area contributed by atoms with Crippen molar-refractivity contribution in [1.29, 1.82) is 0 Å². The largest absolute Gasteiger partial charge is 0.465 e. The lowest BCUT2D eigenvalue weighted by molar-refractivity contribution is 0.210. The van der Waals surface area contributed by atoms with Crippen LogP contribution in [0, 0.1) is 0 Å². The van der Waals surface area contributed by atoms with E-state index in [0.717, 1.165) is 0 Å². The zero-order valence-corrected chi connectivity index (χ0v) is 7.52. The van der Waals surface area contributed by atoms with Crippen LogP contribution in [0.15, 0.2) is 24.3 Å². The molecule has 0 saturated carbocycles. The topological polar surface area (TPSA) is 49.3 Å². The van der Waals surface area contributed by atoms with Crippen LogP contribution in [0.4, 0.5) is 10.5 Å². The Hall–Kier alpha value is -0.930. The fourth-order valence-electron chi connectivity index (χ4n) is 0.657. The second kappa shape index (κ2) is 4.85. The molecule has 2 N–H and O–H groups in total. The molecule has 0 aliphatic carbocycles. The van der Waals surface area contributed by atoms with Gasteiger partial charge in [0.1, 0.15) is 0 Å². The summed E-state index contributed by atoms with van der Waals surface area (Å²) in [7, 11) is 0. The summed E-state index contributed by atoms with van der Waals surface area (Å²) in [5.41, 5.74) is 0.516. The molecule has 0 heterocycles. The lowest BCUT2D eigenvalue weighted by Gasteiger charge is -1.98. The Morgan fingerprint density at radius 2 is 1.83 bits per heavy atom. The van der Waals surface area contributed by atoms with Gasteiger partial charge in [-0.1, -0.05) is 11.6 Å². The van der Waals surface area contributed by atoms with Crippen LogP contribution in [-0.2, 0) is 0 Å². The molecule has 1 aromatic carbocycles. The maximum absolute atomic E-state index is 10.1. The highest BCUT2D eigenvalue weighted by molar-refractivity contribution is 6.30. The predicted octanol–water partition coefficient (Wildman–Crippen LogP) is 2.85. The maximum atomic E-state index is 10.1. The highest BCUT2D eigenvalue weighted by atomic mass is 35.5. The highest BCUT2D eigenvalue weighted by Gasteiger charge is 1.95. The molecule has 0 fully saturated rings. The SMILES string of the molecule is Cl.O=C(O)Nc1ccc(Cl)cc1. The van der Waals surface area contributed by atoms with Gasteiger partial charge in [0.15, 0.2) is 0 Å². The Labute approximate surface area is 80.8 Å². The normalized spacial score (nSPS) is 8.42. The maximum Gasteiger partial charge on any atom is 0.409 e. The first-order valence-electron chi connectivity index (χ1n) is 2.94. The Morgan fingerprint density at radius 1 is 1.33 bits per heavy atom. The molecule has 0 aromatic heterocycles. The summed E-state index contributed by atoms with van der Waals surface area (Å²) >= 11 is 5.57. The lowest BCUT2D eigenvalue weighted by Crippen LogP contribution is -2.06. The average molecular weight is 208 g/mol. The molecule has 1 rings (SSSR count). The third kappa shape index (κ3) is 3.46. The number of amides is 1. The first-order valence-corrected chi connectivity index (χ1v) is 3.32. The molecule has 3 nitrogen and oxygen atoms in total. The lowest BCUT2D eigenvalue weighted by atomic mass is 10.3. The molecule has 66 valence electrons. The molecule has 0 spiro atoms. The fourth-order valence-corrected chi connectivity index (χ4v) is 0.783. The number of carboxylic acid groups (broad SMARTS) is 1. The zero-order chi connectivity index (χ0) is 8.27. The molecule has 5 heteroatoms. The predicted molar refractivity (Wildman–Crippen MR) is 50.3 cm³/mol. The van der Waals surface area contributed by atoms with Crippen LogP contribution in [0.2, 0.25) is 5.02 Å². The van der Waals surface area contributed by atoms with Crippen molar-refractivity contribution in [2.45, 2.75) is 0 Å². The summed E-state index contributed by atoms with van der Waals surface area (Å²) in [6, 6.07) is 6.42. The monoisotopic (exact) mass is 207 g/mol. The summed E-state index contributed by atoms with van der Waals surface area (Å²) in [4.78, 5) is 10.1. The number of carbonyl (C=O) groups is 1. The van der Waals surface area contributed by atoms with Gasteiger partial charge in [0.05, 0.1) is 0 Å². The summed E-state index contributed by atoms with van der Waals surface area (Å²) in [6.07, 6.45) is -1.08. The van der Waals surface area contributed by atoms with Crippen molar-refractivity contribution in [2.75, 3.05) is 5.32 Å². The van der Waals surface area contributed by atoms with Crippen LogP contribution in [0.5, 0.6) is 0 Å². The summed E-state index contributed by atoms with van der Waals surface area (Å²) in [5, 5.41) is 11.1. The average Bonchev–Trinajstić information content (AvgIpc) is 1.93. The van der Waals surface area contributed by atoms with Gasteiger partial charge in [0, 0.05) is 10.7 Å². The second-order valence-corrected chi connectivity index (χ2v) is 2.37. The Morgan fingerprint density at radius 3 is 2.25 bits per heavy atom. The van der Waals surface area contributed by atoms with Gasteiger partial charge in [-0.15, -0.1) is 12.4 Å². The Bertz CT molecular complexity index is 261. The highest BCUT2D eigenvalue weighted by Crippen LogP contribution is 2.12. The summed E-state index contributed by atoms with van der Waals surface area (Å²) < 4.78 is 0. The van der Waals surface area contributed by atoms with E-state index in [2.05, 4.69) is 5.32 Å². The van der Waals surface area contributed by atoms with Crippen LogP contribution in [-0.4, -0.2) is 11.2 Å². The van der Waals surface area contributed by atoms with Gasteiger partial charge in [0.2, 0.25) is 0 Å². The fraction of sp³-hybridized carbons (Fsp3) is 0. The van der Waals surface area contributed by atoms with E-state index in [1.54, 1.807) is 24.3 Å². The van der Waals surface area contributed by atoms with Gasteiger partial charge in [-0.3, -0.25) is 5.32 Å². The standard InChI is InChI=1S/C7H6ClNO2.ClH/c8-5-1-3-6(4-2-5)9-7(10)11;/h1-4,9H,(H,10,11);1H. The van der Waals surface area contributed by atoms with E-state index >= 15 is 0 Å². The minimum atomic E-state index is -1.08. The first kappa shape index (κ1) is 11.1. The van der Waals surface area contributed by atoms with E-state index in [0.29, 0.717) is 10.7 Å². The van der Waals surface area contributed by atoms with Crippen molar-refractivity contribution in [2.24, 2.45) is 0 Å². The number of hydrogen-bond donors (Lipinski definition) is 2. The van der Waals surface area contributed by atoms with Gasteiger partial charge in [0.25, 0.3) is 0 Å². The van der Waals surface area contributed by atoms with E-state index in [1.807, 2.05) is 0 Å². The van der Waals surface area contributed by atoms with Crippen molar-refractivity contribution >= 4 is 35.8 Å². The molecular formula is C7H7Cl2NO2. The van der Waals surface area contributed by atoms with Crippen LogP contribution in [0.25, 0.3) is 0 Å². The minimum Gasteiger partial charge on any atom is -0.465 e.